The fraction of sp³-hybridized carbons (Fsp3) is 0.278. The summed E-state index contributed by atoms with van der Waals surface area (Å²) in [4.78, 5) is 4.42. The number of allylic oxidation sites excluding steroid dienone is 1. The van der Waals surface area contributed by atoms with Gasteiger partial charge in [0, 0.05) is 17.8 Å². The average Bonchev–Trinajstić information content (AvgIpc) is 2.52. The maximum Gasteiger partial charge on any atom is 0.409 e. The van der Waals surface area contributed by atoms with Gasteiger partial charge in [0.15, 0.2) is 0 Å². The third-order valence-corrected chi connectivity index (χ3v) is 3.17. The Morgan fingerprint density at radius 3 is 2.39 bits per heavy atom. The summed E-state index contributed by atoms with van der Waals surface area (Å²) in [5.41, 5.74) is 2.99. The molecule has 122 valence electrons. The molecular weight excluding hydrogens is 303 g/mol. The van der Waals surface area contributed by atoms with Gasteiger partial charge in [0.05, 0.1) is 5.69 Å². The van der Waals surface area contributed by atoms with Gasteiger partial charge < -0.3 is 4.74 Å². The normalized spacial score (nSPS) is 11.8. The van der Waals surface area contributed by atoms with Gasteiger partial charge in [-0.05, 0) is 48.4 Å². The van der Waals surface area contributed by atoms with E-state index in [9.17, 15) is 13.2 Å². The van der Waals surface area contributed by atoms with Crippen molar-refractivity contribution in [2.24, 2.45) is 0 Å². The van der Waals surface area contributed by atoms with Gasteiger partial charge in [-0.15, -0.1) is 0 Å². The molecule has 2 rings (SSSR count). The van der Waals surface area contributed by atoms with Gasteiger partial charge in [-0.3, -0.25) is 4.98 Å². The molecule has 0 aliphatic heterocycles. The first kappa shape index (κ1) is 17.1. The molecule has 0 bridgehead atoms. The van der Waals surface area contributed by atoms with Gasteiger partial charge in [-0.2, -0.15) is 13.2 Å². The highest BCUT2D eigenvalue weighted by atomic mass is 19.4. The predicted octanol–water partition coefficient (Wildman–Crippen LogP) is 5.20. The molecule has 0 unspecified atom stereocenters. The summed E-state index contributed by atoms with van der Waals surface area (Å²) in [5, 5.41) is 0. The molecule has 2 aromatic rings. The zero-order valence-corrected chi connectivity index (χ0v) is 12.8. The summed E-state index contributed by atoms with van der Waals surface area (Å²) in [7, 11) is 0. The fourth-order valence-electron chi connectivity index (χ4n) is 2.08. The largest absolute Gasteiger partial charge is 0.490 e. The van der Waals surface area contributed by atoms with Crippen LogP contribution in [0.1, 0.15) is 18.9 Å². The molecule has 5 heteroatoms. The molecule has 0 atom stereocenters. The second-order valence-corrected chi connectivity index (χ2v) is 5.08. The molecule has 0 saturated heterocycles. The molecule has 0 saturated carbocycles. The molecular formula is C18H18F3NO. The SMILES string of the molecule is CCCc1ccc(-c2ccc(OCC=CC(F)(F)F)cc2)nc1. The molecule has 0 amide bonds. The van der Waals surface area contributed by atoms with Gasteiger partial charge >= 0.3 is 6.18 Å². The number of alkyl halides is 3. The molecule has 2 nitrogen and oxygen atoms in total. The zero-order chi connectivity index (χ0) is 16.7. The van der Waals surface area contributed by atoms with Gasteiger partial charge in [-0.1, -0.05) is 19.4 Å². The highest BCUT2D eigenvalue weighted by Gasteiger charge is 2.21. The lowest BCUT2D eigenvalue weighted by Crippen LogP contribution is -2.02. The molecule has 0 radical (unpaired) electrons. The molecule has 0 aliphatic carbocycles. The summed E-state index contributed by atoms with van der Waals surface area (Å²) >= 11 is 0. The van der Waals surface area contributed by atoms with E-state index in [0.29, 0.717) is 5.75 Å². The Balaban J connectivity index is 1.95. The minimum atomic E-state index is -4.30. The Hall–Kier alpha value is -2.30. The van der Waals surface area contributed by atoms with Gasteiger partial charge in [0.2, 0.25) is 0 Å². The third-order valence-electron chi connectivity index (χ3n) is 3.17. The molecule has 1 heterocycles. The average molecular weight is 321 g/mol. The Labute approximate surface area is 133 Å². The Morgan fingerprint density at radius 2 is 1.83 bits per heavy atom. The van der Waals surface area contributed by atoms with Crippen LogP contribution in [0, 0.1) is 0 Å². The second kappa shape index (κ2) is 7.81. The summed E-state index contributed by atoms with van der Waals surface area (Å²) < 4.78 is 41.1. The van der Waals surface area contributed by atoms with Crippen molar-refractivity contribution in [1.29, 1.82) is 0 Å². The standard InChI is InChI=1S/C18H18F3NO/c1-2-4-14-5-10-17(22-13-14)15-6-8-16(9-7-15)23-12-3-11-18(19,20)21/h3,5-11,13H,2,4,12H2,1H3. The van der Waals surface area contributed by atoms with Crippen LogP contribution in [0.3, 0.4) is 0 Å². The Morgan fingerprint density at radius 1 is 1.09 bits per heavy atom. The first-order valence-corrected chi connectivity index (χ1v) is 7.40. The van der Waals surface area contributed by atoms with E-state index in [-0.39, 0.29) is 12.7 Å². The lowest BCUT2D eigenvalue weighted by molar-refractivity contribution is -0.0801. The van der Waals surface area contributed by atoms with Crippen molar-refractivity contribution in [3.63, 3.8) is 0 Å². The molecule has 0 N–H and O–H groups in total. The fourth-order valence-corrected chi connectivity index (χ4v) is 2.08. The number of benzene rings is 1. The van der Waals surface area contributed by atoms with Crippen LogP contribution < -0.4 is 4.74 Å². The van der Waals surface area contributed by atoms with Crippen molar-refractivity contribution in [3.8, 4) is 17.0 Å². The number of aromatic nitrogens is 1. The van der Waals surface area contributed by atoms with E-state index in [4.69, 9.17) is 4.74 Å². The van der Waals surface area contributed by atoms with E-state index >= 15 is 0 Å². The topological polar surface area (TPSA) is 22.1 Å². The highest BCUT2D eigenvalue weighted by molar-refractivity contribution is 5.60. The van der Waals surface area contributed by atoms with Crippen molar-refractivity contribution in [2.75, 3.05) is 6.61 Å². The van der Waals surface area contributed by atoms with Crippen molar-refractivity contribution in [1.82, 2.24) is 4.98 Å². The zero-order valence-electron chi connectivity index (χ0n) is 12.8. The minimum Gasteiger partial charge on any atom is -0.490 e. The third kappa shape index (κ3) is 5.77. The number of hydrogen-bond acceptors (Lipinski definition) is 2. The molecule has 0 fully saturated rings. The smallest absolute Gasteiger partial charge is 0.409 e. The summed E-state index contributed by atoms with van der Waals surface area (Å²) in [6.45, 7) is 2.00. The van der Waals surface area contributed by atoms with Crippen molar-refractivity contribution in [2.45, 2.75) is 25.9 Å². The number of halogens is 3. The van der Waals surface area contributed by atoms with E-state index in [1.54, 1.807) is 12.1 Å². The highest BCUT2D eigenvalue weighted by Crippen LogP contribution is 2.21. The monoisotopic (exact) mass is 321 g/mol. The van der Waals surface area contributed by atoms with Crippen molar-refractivity contribution in [3.05, 3.63) is 60.3 Å². The van der Waals surface area contributed by atoms with Crippen LogP contribution in [0.2, 0.25) is 0 Å². The number of pyridine rings is 1. The molecule has 1 aromatic heterocycles. The number of aryl methyl sites for hydroxylation is 1. The number of ether oxygens (including phenoxy) is 1. The number of hydrogen-bond donors (Lipinski definition) is 0. The van der Waals surface area contributed by atoms with E-state index in [0.717, 1.165) is 30.2 Å². The lowest BCUT2D eigenvalue weighted by atomic mass is 10.1. The summed E-state index contributed by atoms with van der Waals surface area (Å²) in [6, 6.07) is 11.1. The quantitative estimate of drug-likeness (QED) is 0.682. The molecule has 1 aromatic carbocycles. The van der Waals surface area contributed by atoms with Crippen LogP contribution in [0.25, 0.3) is 11.3 Å². The summed E-state index contributed by atoms with van der Waals surface area (Å²) in [6.07, 6.45) is 0.764. The van der Waals surface area contributed by atoms with Crippen LogP contribution in [-0.2, 0) is 6.42 Å². The Kier molecular flexibility index (Phi) is 5.79. The van der Waals surface area contributed by atoms with E-state index in [1.807, 2.05) is 24.4 Å². The molecule has 0 spiro atoms. The summed E-state index contributed by atoms with van der Waals surface area (Å²) in [5.74, 6) is 0.517. The van der Waals surface area contributed by atoms with E-state index in [2.05, 4.69) is 18.0 Å². The first-order chi connectivity index (χ1) is 11.0. The van der Waals surface area contributed by atoms with E-state index < -0.39 is 6.18 Å². The van der Waals surface area contributed by atoms with Crippen LogP contribution in [0.4, 0.5) is 13.2 Å². The first-order valence-electron chi connectivity index (χ1n) is 7.40. The molecule has 0 aliphatic rings. The van der Waals surface area contributed by atoms with E-state index in [1.165, 1.54) is 5.56 Å². The maximum absolute atomic E-state index is 11.9. The lowest BCUT2D eigenvalue weighted by Gasteiger charge is -2.06. The Bertz CT molecular complexity index is 631. The number of nitrogens with zero attached hydrogens (tertiary/aromatic N) is 1. The van der Waals surface area contributed by atoms with Gasteiger partial charge in [0.1, 0.15) is 12.4 Å². The van der Waals surface area contributed by atoms with Crippen molar-refractivity contribution >= 4 is 0 Å². The van der Waals surface area contributed by atoms with Crippen molar-refractivity contribution < 1.29 is 17.9 Å². The maximum atomic E-state index is 11.9. The van der Waals surface area contributed by atoms with Crippen LogP contribution in [-0.4, -0.2) is 17.8 Å². The van der Waals surface area contributed by atoms with Crippen LogP contribution >= 0.6 is 0 Å². The predicted molar refractivity (Wildman–Crippen MR) is 84.4 cm³/mol. The van der Waals surface area contributed by atoms with Gasteiger partial charge in [0.25, 0.3) is 0 Å². The van der Waals surface area contributed by atoms with Crippen LogP contribution in [0.15, 0.2) is 54.7 Å². The second-order valence-electron chi connectivity index (χ2n) is 5.08. The molecule has 23 heavy (non-hydrogen) atoms. The van der Waals surface area contributed by atoms with Crippen LogP contribution in [0.5, 0.6) is 5.75 Å². The van der Waals surface area contributed by atoms with Gasteiger partial charge in [-0.25, -0.2) is 0 Å². The minimum absolute atomic E-state index is 0.122. The number of rotatable bonds is 6.